The van der Waals surface area contributed by atoms with E-state index >= 15 is 0 Å². The van der Waals surface area contributed by atoms with Crippen LogP contribution in [-0.4, -0.2) is 39.5 Å². The molecule has 0 aliphatic carbocycles. The lowest BCUT2D eigenvalue weighted by Gasteiger charge is -2.32. The number of methoxy groups -OCH3 is 1. The Kier molecular flexibility index (Phi) is 5.08. The summed E-state index contributed by atoms with van der Waals surface area (Å²) in [7, 11) is -2.16. The molecule has 1 unspecified atom stereocenters. The van der Waals surface area contributed by atoms with Crippen LogP contribution in [0.4, 0.5) is 4.39 Å². The predicted octanol–water partition coefficient (Wildman–Crippen LogP) is 2.90. The van der Waals surface area contributed by atoms with Crippen molar-refractivity contribution in [1.29, 1.82) is 0 Å². The quantitative estimate of drug-likeness (QED) is 0.836. The van der Waals surface area contributed by atoms with Crippen LogP contribution < -0.4 is 4.74 Å². The van der Waals surface area contributed by atoms with E-state index in [0.717, 1.165) is 0 Å². The van der Waals surface area contributed by atoms with Crippen LogP contribution in [0.3, 0.4) is 0 Å². The molecule has 0 amide bonds. The van der Waals surface area contributed by atoms with Crippen molar-refractivity contribution in [1.82, 2.24) is 4.31 Å². The molecule has 25 heavy (non-hydrogen) atoms. The largest absolute Gasteiger partial charge is 0.497 e. The molecule has 5 nitrogen and oxygen atoms in total. The molecule has 0 aromatic heterocycles. The summed E-state index contributed by atoms with van der Waals surface area (Å²) < 4.78 is 52.1. The van der Waals surface area contributed by atoms with Crippen LogP contribution in [0.25, 0.3) is 0 Å². The molecule has 134 valence electrons. The number of nitrogens with zero attached hydrogens (tertiary/aromatic N) is 1. The maximum absolute atomic E-state index is 14.0. The molecule has 7 heteroatoms. The van der Waals surface area contributed by atoms with Gasteiger partial charge in [0, 0.05) is 18.7 Å². The van der Waals surface area contributed by atoms with Gasteiger partial charge in [0.1, 0.15) is 11.6 Å². The SMILES string of the molecule is COc1ccc(S(=O)(=O)N2CCOC(c3ccccc3F)C2)c(C)c1. The summed E-state index contributed by atoms with van der Waals surface area (Å²) in [6.07, 6.45) is -0.622. The van der Waals surface area contributed by atoms with E-state index < -0.39 is 21.9 Å². The first kappa shape index (κ1) is 17.8. The Hall–Kier alpha value is -1.96. The summed E-state index contributed by atoms with van der Waals surface area (Å²) in [6.45, 7) is 2.26. The summed E-state index contributed by atoms with van der Waals surface area (Å²) in [5.41, 5.74) is 0.974. The van der Waals surface area contributed by atoms with Crippen molar-refractivity contribution >= 4 is 10.0 Å². The molecular weight excluding hydrogens is 345 g/mol. The smallest absolute Gasteiger partial charge is 0.243 e. The third-order valence-electron chi connectivity index (χ3n) is 4.28. The molecule has 3 rings (SSSR count). The summed E-state index contributed by atoms with van der Waals surface area (Å²) in [4.78, 5) is 0.225. The first-order chi connectivity index (χ1) is 11.9. The summed E-state index contributed by atoms with van der Waals surface area (Å²) >= 11 is 0. The Labute approximate surface area is 147 Å². The third-order valence-corrected chi connectivity index (χ3v) is 6.31. The number of ether oxygens (including phenoxy) is 2. The number of morpholine rings is 1. The number of benzene rings is 2. The molecule has 1 atom stereocenters. The van der Waals surface area contributed by atoms with Crippen molar-refractivity contribution < 1.29 is 22.3 Å². The van der Waals surface area contributed by atoms with Gasteiger partial charge in [-0.25, -0.2) is 12.8 Å². The van der Waals surface area contributed by atoms with Gasteiger partial charge in [-0.3, -0.25) is 0 Å². The Bertz CT molecular complexity index is 869. The van der Waals surface area contributed by atoms with Crippen LogP contribution in [-0.2, 0) is 14.8 Å². The molecule has 0 saturated carbocycles. The first-order valence-electron chi connectivity index (χ1n) is 7.94. The zero-order chi connectivity index (χ0) is 18.0. The van der Waals surface area contributed by atoms with Crippen LogP contribution in [0.1, 0.15) is 17.2 Å². The van der Waals surface area contributed by atoms with Gasteiger partial charge >= 0.3 is 0 Å². The molecule has 0 radical (unpaired) electrons. The third kappa shape index (κ3) is 3.53. The maximum Gasteiger partial charge on any atom is 0.243 e. The summed E-state index contributed by atoms with van der Waals surface area (Å²) in [5, 5.41) is 0. The fourth-order valence-electron chi connectivity index (χ4n) is 2.95. The average molecular weight is 365 g/mol. The molecule has 1 fully saturated rings. The molecule has 1 aliphatic heterocycles. The molecule has 0 bridgehead atoms. The molecule has 0 spiro atoms. The van der Waals surface area contributed by atoms with Crippen molar-refractivity contribution in [3.05, 3.63) is 59.4 Å². The number of hydrogen-bond donors (Lipinski definition) is 0. The lowest BCUT2D eigenvalue weighted by atomic mass is 10.1. The van der Waals surface area contributed by atoms with E-state index in [9.17, 15) is 12.8 Å². The second kappa shape index (κ2) is 7.11. The zero-order valence-corrected chi connectivity index (χ0v) is 14.9. The lowest BCUT2D eigenvalue weighted by Crippen LogP contribution is -2.42. The minimum atomic E-state index is -3.70. The number of aryl methyl sites for hydroxylation is 1. The van der Waals surface area contributed by atoms with Gasteiger partial charge in [-0.15, -0.1) is 0 Å². The van der Waals surface area contributed by atoms with E-state index in [0.29, 0.717) is 16.9 Å². The van der Waals surface area contributed by atoms with E-state index in [-0.39, 0.29) is 24.6 Å². The van der Waals surface area contributed by atoms with E-state index in [1.165, 1.54) is 23.5 Å². The van der Waals surface area contributed by atoms with Gasteiger partial charge in [0.2, 0.25) is 10.0 Å². The zero-order valence-electron chi connectivity index (χ0n) is 14.1. The molecule has 0 N–H and O–H groups in total. The number of sulfonamides is 1. The van der Waals surface area contributed by atoms with Crippen molar-refractivity contribution in [2.24, 2.45) is 0 Å². The molecule has 2 aromatic carbocycles. The standard InChI is InChI=1S/C18H20FNO4S/c1-13-11-14(23-2)7-8-18(13)25(21,22)20-9-10-24-17(12-20)15-5-3-4-6-16(15)19/h3-8,11,17H,9-10,12H2,1-2H3. The van der Waals surface area contributed by atoms with Gasteiger partial charge in [0.15, 0.2) is 0 Å². The summed E-state index contributed by atoms with van der Waals surface area (Å²) in [6, 6.07) is 11.1. The highest BCUT2D eigenvalue weighted by Gasteiger charge is 2.33. The number of rotatable bonds is 4. The molecule has 1 aliphatic rings. The molecule has 2 aromatic rings. The molecule has 1 heterocycles. The fraction of sp³-hybridized carbons (Fsp3) is 0.333. The monoisotopic (exact) mass is 365 g/mol. The Morgan fingerprint density at radius 2 is 2.00 bits per heavy atom. The van der Waals surface area contributed by atoms with Crippen LogP contribution in [0.15, 0.2) is 47.4 Å². The average Bonchev–Trinajstić information content (AvgIpc) is 2.62. The second-order valence-electron chi connectivity index (χ2n) is 5.88. The van der Waals surface area contributed by atoms with E-state index in [1.54, 1.807) is 37.3 Å². The highest BCUT2D eigenvalue weighted by molar-refractivity contribution is 7.89. The fourth-order valence-corrected chi connectivity index (χ4v) is 4.58. The minimum Gasteiger partial charge on any atom is -0.497 e. The van der Waals surface area contributed by atoms with Crippen molar-refractivity contribution in [3.8, 4) is 5.75 Å². The molecular formula is C18H20FNO4S. The Morgan fingerprint density at radius 1 is 1.24 bits per heavy atom. The van der Waals surface area contributed by atoms with Crippen molar-refractivity contribution in [3.63, 3.8) is 0 Å². The van der Waals surface area contributed by atoms with E-state index in [4.69, 9.17) is 9.47 Å². The Morgan fingerprint density at radius 3 is 2.68 bits per heavy atom. The maximum atomic E-state index is 14.0. The highest BCUT2D eigenvalue weighted by Crippen LogP contribution is 2.30. The van der Waals surface area contributed by atoms with Crippen molar-refractivity contribution in [2.45, 2.75) is 17.9 Å². The second-order valence-corrected chi connectivity index (χ2v) is 7.78. The van der Waals surface area contributed by atoms with Crippen LogP contribution in [0, 0.1) is 12.7 Å². The minimum absolute atomic E-state index is 0.0781. The Balaban J connectivity index is 1.89. The topological polar surface area (TPSA) is 55.8 Å². The normalized spacial score (nSPS) is 18.9. The van der Waals surface area contributed by atoms with E-state index in [2.05, 4.69) is 0 Å². The van der Waals surface area contributed by atoms with Gasteiger partial charge in [0.05, 0.1) is 24.7 Å². The van der Waals surface area contributed by atoms with Gasteiger partial charge in [-0.1, -0.05) is 18.2 Å². The van der Waals surface area contributed by atoms with Gasteiger partial charge in [0.25, 0.3) is 0 Å². The molecule has 1 saturated heterocycles. The first-order valence-corrected chi connectivity index (χ1v) is 9.38. The van der Waals surface area contributed by atoms with Crippen LogP contribution >= 0.6 is 0 Å². The van der Waals surface area contributed by atoms with Crippen LogP contribution in [0.5, 0.6) is 5.75 Å². The highest BCUT2D eigenvalue weighted by atomic mass is 32.2. The van der Waals surface area contributed by atoms with Crippen molar-refractivity contribution in [2.75, 3.05) is 26.8 Å². The van der Waals surface area contributed by atoms with Gasteiger partial charge in [-0.05, 0) is 36.8 Å². The predicted molar refractivity (Wildman–Crippen MR) is 91.6 cm³/mol. The van der Waals surface area contributed by atoms with Crippen LogP contribution in [0.2, 0.25) is 0 Å². The number of hydrogen-bond acceptors (Lipinski definition) is 4. The number of halogens is 1. The van der Waals surface area contributed by atoms with Gasteiger partial charge in [-0.2, -0.15) is 4.31 Å². The summed E-state index contributed by atoms with van der Waals surface area (Å²) in [5.74, 6) is 0.204. The van der Waals surface area contributed by atoms with Gasteiger partial charge < -0.3 is 9.47 Å². The van der Waals surface area contributed by atoms with E-state index in [1.807, 2.05) is 0 Å². The lowest BCUT2D eigenvalue weighted by molar-refractivity contribution is -0.00444.